The maximum Gasteiger partial charge on any atom is 0.0992 e. The predicted molar refractivity (Wildman–Crippen MR) is 83.5 cm³/mol. The standard InChI is InChI=1S/C17H19N3/c1-11-6-13(3)15(7-12(11)2)10-20-17-5-4-14(9-18)8-16(17)19/h4-8,20H,10,19H2,1-3H3. The van der Waals surface area contributed by atoms with Crippen molar-refractivity contribution in [2.75, 3.05) is 11.1 Å². The van der Waals surface area contributed by atoms with Crippen LogP contribution in [0.15, 0.2) is 30.3 Å². The smallest absolute Gasteiger partial charge is 0.0992 e. The molecule has 0 saturated heterocycles. The SMILES string of the molecule is Cc1cc(C)c(CNc2ccc(C#N)cc2N)cc1C. The van der Waals surface area contributed by atoms with Crippen molar-refractivity contribution in [3.05, 3.63) is 58.1 Å². The summed E-state index contributed by atoms with van der Waals surface area (Å²) in [5.74, 6) is 0. The lowest BCUT2D eigenvalue weighted by Crippen LogP contribution is -2.05. The summed E-state index contributed by atoms with van der Waals surface area (Å²) < 4.78 is 0. The lowest BCUT2D eigenvalue weighted by atomic mass is 10.0. The summed E-state index contributed by atoms with van der Waals surface area (Å²) in [4.78, 5) is 0. The van der Waals surface area contributed by atoms with Gasteiger partial charge in [0.2, 0.25) is 0 Å². The molecule has 0 radical (unpaired) electrons. The van der Waals surface area contributed by atoms with E-state index in [1.54, 1.807) is 12.1 Å². The highest BCUT2D eigenvalue weighted by atomic mass is 14.9. The van der Waals surface area contributed by atoms with E-state index in [0.717, 1.165) is 12.2 Å². The first-order chi connectivity index (χ1) is 9.51. The van der Waals surface area contributed by atoms with Crippen LogP contribution in [-0.2, 0) is 6.54 Å². The predicted octanol–water partition coefficient (Wildman–Crippen LogP) is 3.68. The largest absolute Gasteiger partial charge is 0.397 e. The van der Waals surface area contributed by atoms with E-state index in [1.807, 2.05) is 6.07 Å². The number of nitriles is 1. The van der Waals surface area contributed by atoms with E-state index >= 15 is 0 Å². The van der Waals surface area contributed by atoms with Crippen molar-refractivity contribution in [1.82, 2.24) is 0 Å². The zero-order chi connectivity index (χ0) is 14.7. The zero-order valence-corrected chi connectivity index (χ0v) is 12.1. The van der Waals surface area contributed by atoms with Gasteiger partial charge < -0.3 is 11.1 Å². The molecule has 0 aliphatic rings. The lowest BCUT2D eigenvalue weighted by Gasteiger charge is -2.13. The molecular weight excluding hydrogens is 246 g/mol. The van der Waals surface area contributed by atoms with Gasteiger partial charge in [-0.1, -0.05) is 12.1 Å². The molecule has 0 fully saturated rings. The van der Waals surface area contributed by atoms with Crippen LogP contribution >= 0.6 is 0 Å². The van der Waals surface area contributed by atoms with Gasteiger partial charge in [-0.15, -0.1) is 0 Å². The molecular formula is C17H19N3. The van der Waals surface area contributed by atoms with Crippen molar-refractivity contribution in [1.29, 1.82) is 5.26 Å². The molecule has 2 aromatic carbocycles. The number of benzene rings is 2. The Bertz CT molecular complexity index is 681. The van der Waals surface area contributed by atoms with Gasteiger partial charge in [-0.05, 0) is 61.2 Å². The van der Waals surface area contributed by atoms with Crippen molar-refractivity contribution >= 4 is 11.4 Å². The number of hydrogen-bond acceptors (Lipinski definition) is 3. The molecule has 0 atom stereocenters. The molecule has 0 saturated carbocycles. The molecule has 2 aromatic rings. The Morgan fingerprint density at radius 1 is 1.05 bits per heavy atom. The molecule has 3 heteroatoms. The fourth-order valence-corrected chi connectivity index (χ4v) is 2.19. The molecule has 0 unspecified atom stereocenters. The van der Waals surface area contributed by atoms with Gasteiger partial charge in [0.15, 0.2) is 0 Å². The van der Waals surface area contributed by atoms with Crippen LogP contribution in [0.3, 0.4) is 0 Å². The summed E-state index contributed by atoms with van der Waals surface area (Å²) in [6.07, 6.45) is 0. The first kappa shape index (κ1) is 14.0. The number of nitrogens with zero attached hydrogens (tertiary/aromatic N) is 1. The number of nitrogens with one attached hydrogen (secondary N) is 1. The molecule has 0 aliphatic heterocycles. The molecule has 0 aromatic heterocycles. The number of rotatable bonds is 3. The van der Waals surface area contributed by atoms with Gasteiger partial charge in [-0.3, -0.25) is 0 Å². The lowest BCUT2D eigenvalue weighted by molar-refractivity contribution is 1.10. The average Bonchev–Trinajstić information content (AvgIpc) is 2.42. The first-order valence-electron chi connectivity index (χ1n) is 6.61. The third-order valence-corrected chi connectivity index (χ3v) is 3.60. The van der Waals surface area contributed by atoms with E-state index < -0.39 is 0 Å². The third kappa shape index (κ3) is 2.92. The number of nitrogen functional groups attached to an aromatic ring is 1. The normalized spacial score (nSPS) is 10.1. The van der Waals surface area contributed by atoms with Crippen LogP contribution in [0.25, 0.3) is 0 Å². The van der Waals surface area contributed by atoms with Crippen LogP contribution in [0, 0.1) is 32.1 Å². The van der Waals surface area contributed by atoms with Gasteiger partial charge in [-0.2, -0.15) is 5.26 Å². The Balaban J connectivity index is 2.17. The summed E-state index contributed by atoms with van der Waals surface area (Å²) in [5, 5.41) is 12.2. The molecule has 102 valence electrons. The van der Waals surface area contributed by atoms with Gasteiger partial charge in [0.05, 0.1) is 23.0 Å². The van der Waals surface area contributed by atoms with Crippen LogP contribution in [-0.4, -0.2) is 0 Å². The van der Waals surface area contributed by atoms with Crippen LogP contribution < -0.4 is 11.1 Å². The molecule has 3 N–H and O–H groups in total. The summed E-state index contributed by atoms with van der Waals surface area (Å²) in [6, 6.07) is 11.8. The molecule has 0 bridgehead atoms. The second-order valence-electron chi connectivity index (χ2n) is 5.13. The van der Waals surface area contributed by atoms with E-state index in [4.69, 9.17) is 11.0 Å². The maximum absolute atomic E-state index is 8.83. The Morgan fingerprint density at radius 2 is 1.75 bits per heavy atom. The Hall–Kier alpha value is -2.47. The molecule has 0 amide bonds. The Kier molecular flexibility index (Phi) is 3.95. The van der Waals surface area contributed by atoms with E-state index in [1.165, 1.54) is 22.3 Å². The number of aryl methyl sites for hydroxylation is 3. The van der Waals surface area contributed by atoms with Gasteiger partial charge in [0, 0.05) is 6.54 Å². The van der Waals surface area contributed by atoms with E-state index in [-0.39, 0.29) is 0 Å². The maximum atomic E-state index is 8.83. The minimum absolute atomic E-state index is 0.579. The van der Waals surface area contributed by atoms with Gasteiger partial charge >= 0.3 is 0 Å². The Morgan fingerprint density at radius 3 is 2.40 bits per heavy atom. The van der Waals surface area contributed by atoms with E-state index in [0.29, 0.717) is 11.3 Å². The van der Waals surface area contributed by atoms with Crippen molar-refractivity contribution in [3.63, 3.8) is 0 Å². The van der Waals surface area contributed by atoms with Gasteiger partial charge in [-0.25, -0.2) is 0 Å². The zero-order valence-electron chi connectivity index (χ0n) is 12.1. The summed E-state index contributed by atoms with van der Waals surface area (Å²) in [6.45, 7) is 7.08. The molecule has 0 aliphatic carbocycles. The van der Waals surface area contributed by atoms with Crippen molar-refractivity contribution in [2.45, 2.75) is 27.3 Å². The van der Waals surface area contributed by atoms with E-state index in [9.17, 15) is 0 Å². The van der Waals surface area contributed by atoms with Gasteiger partial charge in [0.25, 0.3) is 0 Å². The minimum Gasteiger partial charge on any atom is -0.397 e. The second kappa shape index (κ2) is 5.66. The highest BCUT2D eigenvalue weighted by Gasteiger charge is 2.04. The van der Waals surface area contributed by atoms with Crippen molar-refractivity contribution in [2.24, 2.45) is 0 Å². The fourth-order valence-electron chi connectivity index (χ4n) is 2.19. The van der Waals surface area contributed by atoms with Crippen LogP contribution in [0.4, 0.5) is 11.4 Å². The van der Waals surface area contributed by atoms with Crippen molar-refractivity contribution < 1.29 is 0 Å². The first-order valence-corrected chi connectivity index (χ1v) is 6.61. The average molecular weight is 265 g/mol. The molecule has 0 spiro atoms. The van der Waals surface area contributed by atoms with Gasteiger partial charge in [0.1, 0.15) is 0 Å². The molecule has 3 nitrogen and oxygen atoms in total. The number of hydrogen-bond donors (Lipinski definition) is 2. The second-order valence-corrected chi connectivity index (χ2v) is 5.13. The highest BCUT2D eigenvalue weighted by Crippen LogP contribution is 2.22. The topological polar surface area (TPSA) is 61.8 Å². The fraction of sp³-hybridized carbons (Fsp3) is 0.235. The number of nitrogens with two attached hydrogens (primary N) is 1. The summed E-state index contributed by atoms with van der Waals surface area (Å²) in [7, 11) is 0. The highest BCUT2D eigenvalue weighted by molar-refractivity contribution is 5.68. The number of anilines is 2. The monoisotopic (exact) mass is 265 g/mol. The summed E-state index contributed by atoms with van der Waals surface area (Å²) in [5.41, 5.74) is 13.1. The van der Waals surface area contributed by atoms with E-state index in [2.05, 4.69) is 44.3 Å². The third-order valence-electron chi connectivity index (χ3n) is 3.60. The molecule has 2 rings (SSSR count). The van der Waals surface area contributed by atoms with Crippen LogP contribution in [0.1, 0.15) is 27.8 Å². The summed E-state index contributed by atoms with van der Waals surface area (Å²) >= 11 is 0. The molecule has 20 heavy (non-hydrogen) atoms. The minimum atomic E-state index is 0.579. The quantitative estimate of drug-likeness (QED) is 0.832. The van der Waals surface area contributed by atoms with Crippen molar-refractivity contribution in [3.8, 4) is 6.07 Å². The molecule has 0 heterocycles. The Labute approximate surface area is 120 Å². The van der Waals surface area contributed by atoms with Crippen LogP contribution in [0.2, 0.25) is 0 Å². The van der Waals surface area contributed by atoms with Crippen LogP contribution in [0.5, 0.6) is 0 Å².